The molecule has 0 atom stereocenters. The number of ether oxygens (including phenoxy) is 1. The number of carbonyl (C=O) groups excluding carboxylic acids is 1. The molecule has 0 amide bonds. The fraction of sp³-hybridized carbons (Fsp3) is 0.462. The van der Waals surface area contributed by atoms with E-state index in [1.54, 1.807) is 0 Å². The summed E-state index contributed by atoms with van der Waals surface area (Å²) in [5.41, 5.74) is -0.722. The monoisotopic (exact) mass is 282 g/mol. The second kappa shape index (κ2) is 5.96. The van der Waals surface area contributed by atoms with Crippen LogP contribution in [0.4, 0.5) is 10.1 Å². The third-order valence-corrected chi connectivity index (χ3v) is 3.32. The average Bonchev–Trinajstić information content (AvgIpc) is 2.41. The lowest BCUT2D eigenvalue weighted by Crippen LogP contribution is -2.35. The van der Waals surface area contributed by atoms with Crippen molar-refractivity contribution < 1.29 is 18.8 Å². The van der Waals surface area contributed by atoms with Crippen molar-refractivity contribution in [3.05, 3.63) is 39.7 Å². The molecule has 6 nitrogen and oxygen atoms in total. The molecule has 0 saturated carbocycles. The van der Waals surface area contributed by atoms with Gasteiger partial charge < -0.3 is 9.64 Å². The first-order valence-corrected chi connectivity index (χ1v) is 6.31. The van der Waals surface area contributed by atoms with Gasteiger partial charge >= 0.3 is 11.7 Å². The molecular weight excluding hydrogens is 267 g/mol. The third kappa shape index (κ3) is 3.30. The smallest absolute Gasteiger partial charge is 0.338 e. The fourth-order valence-electron chi connectivity index (χ4n) is 2.10. The number of nitro benzene ring substituents is 1. The number of carbonyl (C=O) groups is 1. The first-order valence-electron chi connectivity index (χ1n) is 6.31. The largest absolute Gasteiger partial charge is 0.459 e. The Kier molecular flexibility index (Phi) is 4.29. The van der Waals surface area contributed by atoms with Crippen molar-refractivity contribution in [2.45, 2.75) is 18.9 Å². The zero-order valence-corrected chi connectivity index (χ0v) is 11.0. The zero-order valence-electron chi connectivity index (χ0n) is 11.0. The molecule has 1 aliphatic rings. The lowest BCUT2D eigenvalue weighted by atomic mass is 10.1. The number of halogens is 1. The van der Waals surface area contributed by atoms with E-state index in [1.807, 2.05) is 7.05 Å². The second-order valence-electron chi connectivity index (χ2n) is 4.83. The van der Waals surface area contributed by atoms with Gasteiger partial charge in [0.15, 0.2) is 0 Å². The van der Waals surface area contributed by atoms with Crippen molar-refractivity contribution in [3.8, 4) is 0 Å². The van der Waals surface area contributed by atoms with Crippen LogP contribution in [0.3, 0.4) is 0 Å². The predicted molar refractivity (Wildman–Crippen MR) is 69.0 cm³/mol. The van der Waals surface area contributed by atoms with E-state index in [-0.39, 0.29) is 11.7 Å². The molecule has 1 fully saturated rings. The van der Waals surface area contributed by atoms with E-state index < -0.39 is 22.4 Å². The van der Waals surface area contributed by atoms with Crippen LogP contribution in [0.5, 0.6) is 0 Å². The molecule has 2 rings (SSSR count). The zero-order chi connectivity index (χ0) is 14.7. The van der Waals surface area contributed by atoms with Crippen LogP contribution in [0.1, 0.15) is 23.2 Å². The maximum atomic E-state index is 13.2. The number of nitrogens with zero attached hydrogens (tertiary/aromatic N) is 2. The second-order valence-corrected chi connectivity index (χ2v) is 4.83. The van der Waals surface area contributed by atoms with Gasteiger partial charge in [-0.05, 0) is 32.0 Å². The molecule has 0 N–H and O–H groups in total. The molecule has 108 valence electrons. The van der Waals surface area contributed by atoms with E-state index in [4.69, 9.17) is 4.74 Å². The van der Waals surface area contributed by atoms with E-state index in [0.29, 0.717) is 0 Å². The third-order valence-electron chi connectivity index (χ3n) is 3.32. The molecule has 0 bridgehead atoms. The Morgan fingerprint density at radius 3 is 2.70 bits per heavy atom. The van der Waals surface area contributed by atoms with Crippen LogP contribution in [-0.2, 0) is 4.74 Å². The quantitative estimate of drug-likeness (QED) is 0.481. The molecule has 1 aromatic rings. The number of piperidine rings is 1. The van der Waals surface area contributed by atoms with E-state index in [9.17, 15) is 19.3 Å². The number of esters is 1. The van der Waals surface area contributed by atoms with Gasteiger partial charge in [-0.25, -0.2) is 4.79 Å². The minimum absolute atomic E-state index is 0.00275. The molecule has 0 radical (unpaired) electrons. The minimum atomic E-state index is -0.967. The van der Waals surface area contributed by atoms with Crippen molar-refractivity contribution >= 4 is 11.7 Å². The first kappa shape index (κ1) is 14.4. The first-order chi connectivity index (χ1) is 9.47. The SMILES string of the molecule is CN1CCC(OC(=O)c2ccc(F)c([N+](=O)[O-])c2)CC1. The van der Waals surface area contributed by atoms with Gasteiger partial charge in [-0.15, -0.1) is 0 Å². The van der Waals surface area contributed by atoms with Crippen LogP contribution in [0.15, 0.2) is 18.2 Å². The Morgan fingerprint density at radius 2 is 2.10 bits per heavy atom. The molecule has 0 spiro atoms. The highest BCUT2D eigenvalue weighted by atomic mass is 19.1. The lowest BCUT2D eigenvalue weighted by molar-refractivity contribution is -0.387. The summed E-state index contributed by atoms with van der Waals surface area (Å²) < 4.78 is 18.5. The molecule has 1 saturated heterocycles. The van der Waals surface area contributed by atoms with Crippen molar-refractivity contribution in [2.75, 3.05) is 20.1 Å². The van der Waals surface area contributed by atoms with E-state index in [2.05, 4.69) is 4.90 Å². The van der Waals surface area contributed by atoms with Crippen LogP contribution in [0.25, 0.3) is 0 Å². The normalized spacial score (nSPS) is 16.9. The van der Waals surface area contributed by atoms with Gasteiger partial charge in [0, 0.05) is 19.2 Å². The maximum Gasteiger partial charge on any atom is 0.338 e. The Hall–Kier alpha value is -2.02. The Labute approximate surface area is 115 Å². The summed E-state index contributed by atoms with van der Waals surface area (Å²) in [5.74, 6) is -1.62. The number of hydrogen-bond donors (Lipinski definition) is 0. The number of hydrogen-bond acceptors (Lipinski definition) is 5. The van der Waals surface area contributed by atoms with Gasteiger partial charge in [0.25, 0.3) is 0 Å². The van der Waals surface area contributed by atoms with E-state index >= 15 is 0 Å². The van der Waals surface area contributed by atoms with Gasteiger partial charge in [-0.1, -0.05) is 0 Å². The molecule has 0 unspecified atom stereocenters. The highest BCUT2D eigenvalue weighted by molar-refractivity contribution is 5.90. The molecule has 0 aromatic heterocycles. The summed E-state index contributed by atoms with van der Waals surface area (Å²) in [6, 6.07) is 3.01. The summed E-state index contributed by atoms with van der Waals surface area (Å²) >= 11 is 0. The van der Waals surface area contributed by atoms with Crippen LogP contribution in [0.2, 0.25) is 0 Å². The number of rotatable bonds is 3. The van der Waals surface area contributed by atoms with E-state index in [1.165, 1.54) is 6.07 Å². The predicted octanol–water partition coefficient (Wildman–Crippen LogP) is 1.98. The molecule has 7 heteroatoms. The molecule has 0 aliphatic carbocycles. The van der Waals surface area contributed by atoms with Crippen molar-refractivity contribution in [1.82, 2.24) is 4.90 Å². The van der Waals surface area contributed by atoms with Crippen molar-refractivity contribution in [3.63, 3.8) is 0 Å². The molecule has 1 aromatic carbocycles. The average molecular weight is 282 g/mol. The topological polar surface area (TPSA) is 72.7 Å². The summed E-state index contributed by atoms with van der Waals surface area (Å²) in [6.07, 6.45) is 1.26. The minimum Gasteiger partial charge on any atom is -0.459 e. The van der Waals surface area contributed by atoms with Gasteiger partial charge in [-0.2, -0.15) is 4.39 Å². The summed E-state index contributed by atoms with van der Waals surface area (Å²) in [7, 11) is 1.99. The van der Waals surface area contributed by atoms with Crippen LogP contribution >= 0.6 is 0 Å². The highest BCUT2D eigenvalue weighted by Gasteiger charge is 2.23. The number of benzene rings is 1. The van der Waals surface area contributed by atoms with Crippen LogP contribution in [0, 0.1) is 15.9 Å². The number of likely N-dealkylation sites (tertiary alicyclic amines) is 1. The molecule has 1 aliphatic heterocycles. The highest BCUT2D eigenvalue weighted by Crippen LogP contribution is 2.20. The van der Waals surface area contributed by atoms with Crippen LogP contribution < -0.4 is 0 Å². The van der Waals surface area contributed by atoms with Crippen molar-refractivity contribution in [2.24, 2.45) is 0 Å². The lowest BCUT2D eigenvalue weighted by Gasteiger charge is -2.28. The Morgan fingerprint density at radius 1 is 1.45 bits per heavy atom. The van der Waals surface area contributed by atoms with E-state index in [0.717, 1.165) is 38.1 Å². The Balaban J connectivity index is 2.06. The summed E-state index contributed by atoms with van der Waals surface area (Å²) in [5, 5.41) is 10.6. The Bertz CT molecular complexity index is 527. The number of nitro groups is 1. The molecular formula is C13H15FN2O4. The van der Waals surface area contributed by atoms with Crippen LogP contribution in [-0.4, -0.2) is 42.0 Å². The van der Waals surface area contributed by atoms with Crippen molar-refractivity contribution in [1.29, 1.82) is 0 Å². The van der Waals surface area contributed by atoms with Gasteiger partial charge in [0.2, 0.25) is 5.82 Å². The van der Waals surface area contributed by atoms with Gasteiger partial charge in [0.1, 0.15) is 6.10 Å². The summed E-state index contributed by atoms with van der Waals surface area (Å²) in [6.45, 7) is 1.67. The van der Waals surface area contributed by atoms with Gasteiger partial charge in [0.05, 0.1) is 10.5 Å². The maximum absolute atomic E-state index is 13.2. The standard InChI is InChI=1S/C13H15FN2O4/c1-15-6-4-10(5-7-15)20-13(17)9-2-3-11(14)12(8-9)16(18)19/h2-3,8,10H,4-7H2,1H3. The molecule has 20 heavy (non-hydrogen) atoms. The fourth-order valence-corrected chi connectivity index (χ4v) is 2.10. The molecule has 1 heterocycles. The summed E-state index contributed by atoms with van der Waals surface area (Å²) in [4.78, 5) is 23.8. The van der Waals surface area contributed by atoms with Gasteiger partial charge in [-0.3, -0.25) is 10.1 Å².